The number of benzene rings is 1. The second-order valence-corrected chi connectivity index (χ2v) is 10.3. The third kappa shape index (κ3) is 4.76. The monoisotopic (exact) mass is 463 g/mol. The molecule has 2 saturated carbocycles. The predicted octanol–water partition coefficient (Wildman–Crippen LogP) is 4.61. The summed E-state index contributed by atoms with van der Waals surface area (Å²) in [5, 5.41) is 19.5. The number of aliphatic hydroxyl groups is 1. The molecule has 0 spiro atoms. The zero-order valence-electron chi connectivity index (χ0n) is 19.1. The molecule has 1 aromatic carbocycles. The molecule has 33 heavy (non-hydrogen) atoms. The summed E-state index contributed by atoms with van der Waals surface area (Å²) in [6, 6.07) is 7.91. The zero-order valence-corrected chi connectivity index (χ0v) is 19.1. The number of nitriles is 1. The van der Waals surface area contributed by atoms with Gasteiger partial charge in [0.2, 0.25) is 0 Å². The quantitative estimate of drug-likeness (QED) is 0.641. The molecule has 1 unspecified atom stereocenters. The molecule has 1 N–H and O–H groups in total. The van der Waals surface area contributed by atoms with Gasteiger partial charge in [0.1, 0.15) is 0 Å². The van der Waals surface area contributed by atoms with E-state index in [1.165, 1.54) is 24.6 Å². The Hall–Kier alpha value is -2.11. The molecular weight excluding hydrogens is 431 g/mol. The maximum absolute atomic E-state index is 13.6. The van der Waals surface area contributed by atoms with E-state index < -0.39 is 23.2 Å². The summed E-state index contributed by atoms with van der Waals surface area (Å²) in [5.74, 6) is -0.420. The Balaban J connectivity index is 1.49. The third-order valence-electron chi connectivity index (χ3n) is 7.79. The van der Waals surface area contributed by atoms with E-state index in [-0.39, 0.29) is 23.1 Å². The molecule has 5 nitrogen and oxygen atoms in total. The van der Waals surface area contributed by atoms with Crippen LogP contribution in [0.25, 0.3) is 0 Å². The Bertz CT molecular complexity index is 908. The van der Waals surface area contributed by atoms with Crippen molar-refractivity contribution in [1.82, 2.24) is 9.80 Å². The molecule has 0 radical (unpaired) electrons. The van der Waals surface area contributed by atoms with Crippen LogP contribution in [0.1, 0.15) is 74.2 Å². The maximum atomic E-state index is 13.6. The standard InChI is InChI=1S/C25H32F3N3O2/c1-23(33,25(26,27)28)21-6-3-2-5-20(21)22(32)31(18-7-8-18)19-9-15-30(16-10-19)17-24(13-14-29)11-4-12-24/h2-3,5-6,18-19,33H,4,7-13,15-17H2,1H3. The van der Waals surface area contributed by atoms with Crippen LogP contribution in [0.5, 0.6) is 0 Å². The highest BCUT2D eigenvalue weighted by Crippen LogP contribution is 2.45. The van der Waals surface area contributed by atoms with Crippen LogP contribution in [-0.4, -0.2) is 58.7 Å². The predicted molar refractivity (Wildman–Crippen MR) is 117 cm³/mol. The number of hydrogen-bond donors (Lipinski definition) is 1. The first kappa shape index (κ1) is 24.0. The number of carbonyl (C=O) groups is 1. The lowest BCUT2D eigenvalue weighted by molar-refractivity contribution is -0.259. The highest BCUT2D eigenvalue weighted by Gasteiger charge is 2.53. The molecule has 180 valence electrons. The van der Waals surface area contributed by atoms with Gasteiger partial charge in [0.15, 0.2) is 5.60 Å². The van der Waals surface area contributed by atoms with Crippen molar-refractivity contribution in [3.8, 4) is 6.07 Å². The molecule has 1 aromatic rings. The lowest BCUT2D eigenvalue weighted by Crippen LogP contribution is -2.51. The first-order chi connectivity index (χ1) is 15.6. The van der Waals surface area contributed by atoms with Crippen molar-refractivity contribution in [2.75, 3.05) is 19.6 Å². The van der Waals surface area contributed by atoms with E-state index in [0.29, 0.717) is 13.3 Å². The first-order valence-corrected chi connectivity index (χ1v) is 11.9. The van der Waals surface area contributed by atoms with Gasteiger partial charge in [0.25, 0.3) is 5.91 Å². The number of amides is 1. The Morgan fingerprint density at radius 2 is 1.79 bits per heavy atom. The minimum Gasteiger partial charge on any atom is -0.376 e. The third-order valence-corrected chi connectivity index (χ3v) is 7.79. The molecule has 0 aromatic heterocycles. The van der Waals surface area contributed by atoms with Crippen molar-refractivity contribution < 1.29 is 23.1 Å². The topological polar surface area (TPSA) is 67.6 Å². The minimum absolute atomic E-state index is 0.0292. The number of rotatable bonds is 7. The molecule has 4 rings (SSSR count). The zero-order chi connectivity index (χ0) is 23.9. The van der Waals surface area contributed by atoms with E-state index >= 15 is 0 Å². The van der Waals surface area contributed by atoms with Crippen LogP contribution in [0.4, 0.5) is 13.2 Å². The van der Waals surface area contributed by atoms with E-state index in [9.17, 15) is 28.3 Å². The fourth-order valence-electron chi connectivity index (χ4n) is 5.43. The van der Waals surface area contributed by atoms with Gasteiger partial charge in [0, 0.05) is 49.3 Å². The minimum atomic E-state index is -4.89. The molecule has 3 aliphatic rings. The van der Waals surface area contributed by atoms with Gasteiger partial charge in [-0.25, -0.2) is 0 Å². The molecule has 0 bridgehead atoms. The largest absolute Gasteiger partial charge is 0.421 e. The highest BCUT2D eigenvalue weighted by atomic mass is 19.4. The van der Waals surface area contributed by atoms with Gasteiger partial charge in [-0.3, -0.25) is 4.79 Å². The summed E-state index contributed by atoms with van der Waals surface area (Å²) in [5.41, 5.74) is -3.46. The molecular formula is C25H32F3N3O2. The summed E-state index contributed by atoms with van der Waals surface area (Å²) < 4.78 is 40.7. The van der Waals surface area contributed by atoms with Crippen LogP contribution in [0.3, 0.4) is 0 Å². The molecule has 1 heterocycles. The highest BCUT2D eigenvalue weighted by molar-refractivity contribution is 5.96. The molecule has 1 aliphatic heterocycles. The summed E-state index contributed by atoms with van der Waals surface area (Å²) in [7, 11) is 0. The van der Waals surface area contributed by atoms with E-state index in [2.05, 4.69) is 11.0 Å². The van der Waals surface area contributed by atoms with E-state index in [0.717, 1.165) is 58.2 Å². The Kier molecular flexibility index (Phi) is 6.49. The van der Waals surface area contributed by atoms with E-state index in [4.69, 9.17) is 0 Å². The van der Waals surface area contributed by atoms with Gasteiger partial charge in [-0.05, 0) is 56.9 Å². The number of alkyl halides is 3. The fourth-order valence-corrected chi connectivity index (χ4v) is 5.43. The molecule has 1 atom stereocenters. The number of carbonyl (C=O) groups excluding carboxylic acids is 1. The average molecular weight is 464 g/mol. The summed E-state index contributed by atoms with van der Waals surface area (Å²) in [6.07, 6.45) is 2.28. The van der Waals surface area contributed by atoms with Crippen molar-refractivity contribution >= 4 is 5.91 Å². The van der Waals surface area contributed by atoms with E-state index in [1.54, 1.807) is 11.0 Å². The SMILES string of the molecule is CC(O)(c1ccccc1C(=O)N(C1CC1)C1CCN(CC2(CC#N)CCC2)CC1)C(F)(F)F. The van der Waals surface area contributed by atoms with Crippen LogP contribution < -0.4 is 0 Å². The average Bonchev–Trinajstić information content (AvgIpc) is 3.58. The van der Waals surface area contributed by atoms with Crippen LogP contribution in [0.15, 0.2) is 24.3 Å². The molecule has 2 aliphatic carbocycles. The van der Waals surface area contributed by atoms with Crippen LogP contribution in [0, 0.1) is 16.7 Å². The van der Waals surface area contributed by atoms with Crippen molar-refractivity contribution in [3.63, 3.8) is 0 Å². The number of nitrogens with zero attached hydrogens (tertiary/aromatic N) is 3. The van der Waals surface area contributed by atoms with Gasteiger partial charge >= 0.3 is 6.18 Å². The van der Waals surface area contributed by atoms with Crippen molar-refractivity contribution in [2.24, 2.45) is 5.41 Å². The summed E-state index contributed by atoms with van der Waals surface area (Å²) in [6.45, 7) is 3.24. The van der Waals surface area contributed by atoms with Gasteiger partial charge in [-0.1, -0.05) is 24.6 Å². The maximum Gasteiger partial charge on any atom is 0.421 e. The molecule has 1 amide bonds. The normalized spacial score (nSPS) is 23.3. The number of likely N-dealkylation sites (tertiary alicyclic amines) is 1. The Labute approximate surface area is 193 Å². The Morgan fingerprint density at radius 1 is 1.18 bits per heavy atom. The van der Waals surface area contributed by atoms with Gasteiger partial charge in [-0.2, -0.15) is 18.4 Å². The van der Waals surface area contributed by atoms with Crippen LogP contribution >= 0.6 is 0 Å². The summed E-state index contributed by atoms with van der Waals surface area (Å²) in [4.78, 5) is 17.7. The molecule has 1 saturated heterocycles. The molecule has 3 fully saturated rings. The fraction of sp³-hybridized carbons (Fsp3) is 0.680. The van der Waals surface area contributed by atoms with Crippen LogP contribution in [-0.2, 0) is 5.60 Å². The van der Waals surface area contributed by atoms with Gasteiger partial charge < -0.3 is 14.9 Å². The van der Waals surface area contributed by atoms with E-state index in [1.807, 2.05) is 0 Å². The van der Waals surface area contributed by atoms with Gasteiger partial charge in [0.05, 0.1) is 6.07 Å². The first-order valence-electron chi connectivity index (χ1n) is 11.9. The van der Waals surface area contributed by atoms with Crippen molar-refractivity contribution in [1.29, 1.82) is 5.26 Å². The number of piperidine rings is 1. The second kappa shape index (κ2) is 8.92. The Morgan fingerprint density at radius 3 is 2.30 bits per heavy atom. The summed E-state index contributed by atoms with van der Waals surface area (Å²) >= 11 is 0. The van der Waals surface area contributed by atoms with Crippen molar-refractivity contribution in [2.45, 2.75) is 82.2 Å². The lowest BCUT2D eigenvalue weighted by atomic mass is 9.66. The lowest BCUT2D eigenvalue weighted by Gasteiger charge is -2.46. The molecule has 8 heteroatoms. The van der Waals surface area contributed by atoms with Gasteiger partial charge in [-0.15, -0.1) is 0 Å². The number of halogens is 3. The van der Waals surface area contributed by atoms with Crippen LogP contribution in [0.2, 0.25) is 0 Å². The van der Waals surface area contributed by atoms with Crippen molar-refractivity contribution in [3.05, 3.63) is 35.4 Å². The number of hydrogen-bond acceptors (Lipinski definition) is 4. The smallest absolute Gasteiger partial charge is 0.376 e. The second-order valence-electron chi connectivity index (χ2n) is 10.3.